The van der Waals surface area contributed by atoms with E-state index < -0.39 is 9.84 Å². The van der Waals surface area contributed by atoms with Crippen molar-refractivity contribution in [1.29, 1.82) is 0 Å². The number of hydrogen-bond donors (Lipinski definition) is 1. The molecule has 176 valence electrons. The molecule has 0 bridgehead atoms. The number of likely N-dealkylation sites (N-methyl/N-ethyl adjacent to an activating group) is 2. The van der Waals surface area contributed by atoms with E-state index in [1.807, 2.05) is 37.4 Å². The van der Waals surface area contributed by atoms with Gasteiger partial charge in [-0.15, -0.1) is 0 Å². The van der Waals surface area contributed by atoms with Gasteiger partial charge in [0.05, 0.1) is 10.6 Å². The largest absolute Gasteiger partial charge is 0.373 e. The lowest BCUT2D eigenvalue weighted by Gasteiger charge is -2.27. The molecule has 2 aromatic rings. The first-order chi connectivity index (χ1) is 15.4. The first kappa shape index (κ1) is 25.7. The van der Waals surface area contributed by atoms with Crippen molar-refractivity contribution in [3.05, 3.63) is 60.7 Å². The molecule has 0 aliphatic rings. The van der Waals surface area contributed by atoms with Crippen molar-refractivity contribution in [3.63, 3.8) is 0 Å². The van der Waals surface area contributed by atoms with Crippen molar-refractivity contribution >= 4 is 21.6 Å². The standard InChI is InChI=1S/C24H36N4O3S/c1-4-27(5-2)18-19-28(20-21-32(30,31)23-14-10-7-11-15-23)24(29)25-16-17-26(3)22-12-8-6-9-13-22/h6-15H,4-5,16-21H2,1-3H3,(H,25,29). The van der Waals surface area contributed by atoms with Gasteiger partial charge >= 0.3 is 6.03 Å². The zero-order valence-electron chi connectivity index (χ0n) is 19.4. The third-order valence-electron chi connectivity index (χ3n) is 5.52. The van der Waals surface area contributed by atoms with Gasteiger partial charge in [-0.2, -0.15) is 0 Å². The van der Waals surface area contributed by atoms with Gasteiger partial charge in [0.2, 0.25) is 0 Å². The summed E-state index contributed by atoms with van der Waals surface area (Å²) in [6.07, 6.45) is 0. The second-order valence-electron chi connectivity index (χ2n) is 7.63. The quantitative estimate of drug-likeness (QED) is 0.498. The monoisotopic (exact) mass is 460 g/mol. The highest BCUT2D eigenvalue weighted by molar-refractivity contribution is 7.91. The molecular formula is C24H36N4O3S. The maximum atomic E-state index is 12.9. The minimum atomic E-state index is -3.45. The third-order valence-corrected chi connectivity index (χ3v) is 7.23. The van der Waals surface area contributed by atoms with Crippen LogP contribution >= 0.6 is 0 Å². The molecule has 2 aromatic carbocycles. The maximum absolute atomic E-state index is 12.9. The van der Waals surface area contributed by atoms with E-state index in [-0.39, 0.29) is 23.2 Å². The van der Waals surface area contributed by atoms with E-state index in [2.05, 4.69) is 29.0 Å². The minimum Gasteiger partial charge on any atom is -0.373 e. The van der Waals surface area contributed by atoms with E-state index in [1.165, 1.54) is 0 Å². The van der Waals surface area contributed by atoms with Gasteiger partial charge in [-0.25, -0.2) is 13.2 Å². The van der Waals surface area contributed by atoms with Crippen LogP contribution in [0.4, 0.5) is 10.5 Å². The summed E-state index contributed by atoms with van der Waals surface area (Å²) in [5.74, 6) is -0.105. The second-order valence-corrected chi connectivity index (χ2v) is 9.74. The van der Waals surface area contributed by atoms with E-state index >= 15 is 0 Å². The number of amides is 2. The number of hydrogen-bond acceptors (Lipinski definition) is 5. The van der Waals surface area contributed by atoms with Crippen LogP contribution in [0.5, 0.6) is 0 Å². The summed E-state index contributed by atoms with van der Waals surface area (Å²) in [5, 5.41) is 2.95. The molecule has 0 aliphatic heterocycles. The molecule has 0 atom stereocenters. The van der Waals surface area contributed by atoms with Gasteiger partial charge in [-0.3, -0.25) is 0 Å². The molecule has 32 heavy (non-hydrogen) atoms. The maximum Gasteiger partial charge on any atom is 0.317 e. The van der Waals surface area contributed by atoms with Crippen LogP contribution in [0.1, 0.15) is 13.8 Å². The van der Waals surface area contributed by atoms with Crippen LogP contribution in [-0.2, 0) is 9.84 Å². The van der Waals surface area contributed by atoms with Crippen molar-refractivity contribution in [1.82, 2.24) is 15.1 Å². The van der Waals surface area contributed by atoms with E-state index in [1.54, 1.807) is 35.2 Å². The van der Waals surface area contributed by atoms with Gasteiger partial charge in [0.1, 0.15) is 0 Å². The average molecular weight is 461 g/mol. The molecule has 1 N–H and O–H groups in total. The highest BCUT2D eigenvalue weighted by Crippen LogP contribution is 2.11. The predicted molar refractivity (Wildman–Crippen MR) is 131 cm³/mol. The molecule has 0 radical (unpaired) electrons. The zero-order chi connectivity index (χ0) is 23.4. The molecule has 0 saturated carbocycles. The first-order valence-corrected chi connectivity index (χ1v) is 12.8. The van der Waals surface area contributed by atoms with Crippen LogP contribution in [0.2, 0.25) is 0 Å². The number of benzene rings is 2. The summed E-state index contributed by atoms with van der Waals surface area (Å²) in [5.41, 5.74) is 1.08. The molecule has 0 aliphatic carbocycles. The van der Waals surface area contributed by atoms with E-state index in [0.29, 0.717) is 26.2 Å². The minimum absolute atomic E-state index is 0.105. The highest BCUT2D eigenvalue weighted by Gasteiger charge is 2.20. The Morgan fingerprint density at radius 1 is 0.844 bits per heavy atom. The Labute approximate surface area is 192 Å². The average Bonchev–Trinajstić information content (AvgIpc) is 2.82. The number of para-hydroxylation sites is 1. The summed E-state index contributed by atoms with van der Waals surface area (Å²) in [6.45, 7) is 8.38. The molecular weight excluding hydrogens is 424 g/mol. The Bertz CT molecular complexity index is 903. The van der Waals surface area contributed by atoms with Gasteiger partial charge in [0.15, 0.2) is 9.84 Å². The molecule has 0 saturated heterocycles. The molecule has 0 unspecified atom stereocenters. The molecule has 7 nitrogen and oxygen atoms in total. The van der Waals surface area contributed by atoms with Gasteiger partial charge in [-0.05, 0) is 37.4 Å². The van der Waals surface area contributed by atoms with Crippen molar-refractivity contribution in [3.8, 4) is 0 Å². The van der Waals surface area contributed by atoms with Crippen LogP contribution < -0.4 is 10.2 Å². The lowest BCUT2D eigenvalue weighted by molar-refractivity contribution is 0.189. The van der Waals surface area contributed by atoms with E-state index in [4.69, 9.17) is 0 Å². The fourth-order valence-electron chi connectivity index (χ4n) is 3.35. The summed E-state index contributed by atoms with van der Waals surface area (Å²) >= 11 is 0. The molecule has 2 amide bonds. The second kappa shape index (κ2) is 13.1. The number of carbonyl (C=O) groups excluding carboxylic acids is 1. The summed E-state index contributed by atoms with van der Waals surface area (Å²) < 4.78 is 25.4. The first-order valence-electron chi connectivity index (χ1n) is 11.2. The number of sulfone groups is 1. The number of anilines is 1. The fraction of sp³-hybridized carbons (Fsp3) is 0.458. The summed E-state index contributed by atoms with van der Waals surface area (Å²) in [4.78, 5) is 19.1. The number of nitrogens with zero attached hydrogens (tertiary/aromatic N) is 3. The zero-order valence-corrected chi connectivity index (χ0v) is 20.2. The number of urea groups is 1. The van der Waals surface area contributed by atoms with E-state index in [9.17, 15) is 13.2 Å². The molecule has 2 rings (SSSR count). The lowest BCUT2D eigenvalue weighted by Crippen LogP contribution is -2.47. The predicted octanol–water partition coefficient (Wildman–Crippen LogP) is 2.95. The lowest BCUT2D eigenvalue weighted by atomic mass is 10.3. The van der Waals surface area contributed by atoms with Gasteiger partial charge in [0.25, 0.3) is 0 Å². The third kappa shape index (κ3) is 8.16. The molecule has 0 spiro atoms. The molecule has 8 heteroatoms. The molecule has 0 heterocycles. The van der Waals surface area contributed by atoms with Crippen LogP contribution in [0.3, 0.4) is 0 Å². The van der Waals surface area contributed by atoms with Crippen LogP contribution in [0.25, 0.3) is 0 Å². The smallest absolute Gasteiger partial charge is 0.317 e. The Hall–Kier alpha value is -2.58. The van der Waals surface area contributed by atoms with Crippen LogP contribution in [-0.4, -0.2) is 82.9 Å². The fourth-order valence-corrected chi connectivity index (χ4v) is 4.62. The Morgan fingerprint density at radius 2 is 1.44 bits per heavy atom. The van der Waals surface area contributed by atoms with Gasteiger partial charge < -0.3 is 20.0 Å². The highest BCUT2D eigenvalue weighted by atomic mass is 32.2. The summed E-state index contributed by atoms with van der Waals surface area (Å²) in [7, 11) is -1.47. The van der Waals surface area contributed by atoms with Crippen molar-refractivity contribution in [2.75, 3.05) is 63.5 Å². The Balaban J connectivity index is 1.96. The summed E-state index contributed by atoms with van der Waals surface area (Å²) in [6, 6.07) is 18.1. The van der Waals surface area contributed by atoms with Gasteiger partial charge in [0, 0.05) is 45.5 Å². The van der Waals surface area contributed by atoms with Crippen molar-refractivity contribution in [2.45, 2.75) is 18.7 Å². The topological polar surface area (TPSA) is 73.0 Å². The number of rotatable bonds is 13. The normalized spacial score (nSPS) is 11.4. The Kier molecular flexibility index (Phi) is 10.5. The Morgan fingerprint density at radius 3 is 2.03 bits per heavy atom. The molecule has 0 aromatic heterocycles. The van der Waals surface area contributed by atoms with Crippen molar-refractivity contribution in [2.24, 2.45) is 0 Å². The SMILES string of the molecule is CCN(CC)CCN(CCS(=O)(=O)c1ccccc1)C(=O)NCCN(C)c1ccccc1. The van der Waals surface area contributed by atoms with Gasteiger partial charge in [-0.1, -0.05) is 50.2 Å². The van der Waals surface area contributed by atoms with E-state index in [0.717, 1.165) is 18.8 Å². The molecule has 0 fully saturated rings. The van der Waals surface area contributed by atoms with Crippen LogP contribution in [0.15, 0.2) is 65.6 Å². The number of carbonyl (C=O) groups is 1. The van der Waals surface area contributed by atoms with Crippen molar-refractivity contribution < 1.29 is 13.2 Å². The van der Waals surface area contributed by atoms with Crippen LogP contribution in [0, 0.1) is 0 Å². The number of nitrogens with one attached hydrogen (secondary N) is 1.